The zero-order chi connectivity index (χ0) is 13.6. The molecule has 0 bridgehead atoms. The number of aromatic nitrogens is 1. The zero-order valence-corrected chi connectivity index (χ0v) is 12.0. The summed E-state index contributed by atoms with van der Waals surface area (Å²) in [5.41, 5.74) is 2.32. The van der Waals surface area contributed by atoms with Crippen LogP contribution < -0.4 is 16.0 Å². The molecule has 8 heteroatoms. The molecule has 1 aromatic heterocycles. The molecule has 4 N–H and O–H groups in total. The van der Waals surface area contributed by atoms with Crippen LogP contribution in [0.3, 0.4) is 0 Å². The molecule has 6 nitrogen and oxygen atoms in total. The standard InChI is InChI=1S/C10H18N4O2S2/c1-8(4-6-17-2)14-18(15,16)9-3-5-12-10(7-9)13-11/h3,5,7-8,14H,4,6,11H2,1-2H3,(H,12,13). The molecule has 0 radical (unpaired) electrons. The van der Waals surface area contributed by atoms with Crippen LogP contribution in [-0.4, -0.2) is 31.5 Å². The van der Waals surface area contributed by atoms with E-state index in [1.165, 1.54) is 18.3 Å². The van der Waals surface area contributed by atoms with Crippen LogP contribution in [0.1, 0.15) is 13.3 Å². The summed E-state index contributed by atoms with van der Waals surface area (Å²) >= 11 is 1.69. The van der Waals surface area contributed by atoms with E-state index >= 15 is 0 Å². The van der Waals surface area contributed by atoms with E-state index in [2.05, 4.69) is 15.1 Å². The van der Waals surface area contributed by atoms with Gasteiger partial charge in [-0.15, -0.1) is 0 Å². The molecule has 0 aliphatic carbocycles. The average Bonchev–Trinajstić information content (AvgIpc) is 2.36. The minimum atomic E-state index is -3.52. The predicted molar refractivity (Wildman–Crippen MR) is 74.8 cm³/mol. The van der Waals surface area contributed by atoms with Gasteiger partial charge in [0.25, 0.3) is 0 Å². The fourth-order valence-corrected chi connectivity index (χ4v) is 3.22. The van der Waals surface area contributed by atoms with Gasteiger partial charge in [0, 0.05) is 18.3 Å². The predicted octanol–water partition coefficient (Wildman–Crippen LogP) is 0.787. The largest absolute Gasteiger partial charge is 0.308 e. The van der Waals surface area contributed by atoms with E-state index in [9.17, 15) is 8.42 Å². The number of pyridine rings is 1. The summed E-state index contributed by atoms with van der Waals surface area (Å²) in [6.07, 6.45) is 4.17. The number of nitrogens with one attached hydrogen (secondary N) is 2. The minimum Gasteiger partial charge on any atom is -0.308 e. The molecule has 18 heavy (non-hydrogen) atoms. The van der Waals surface area contributed by atoms with Gasteiger partial charge in [-0.3, -0.25) is 0 Å². The van der Waals surface area contributed by atoms with Crippen LogP contribution in [0.5, 0.6) is 0 Å². The van der Waals surface area contributed by atoms with Crippen LogP contribution in [0, 0.1) is 0 Å². The molecule has 1 heterocycles. The molecule has 0 saturated carbocycles. The number of nitrogen functional groups attached to an aromatic ring is 1. The Bertz CT molecular complexity index is 479. The van der Waals surface area contributed by atoms with Gasteiger partial charge in [-0.2, -0.15) is 11.8 Å². The van der Waals surface area contributed by atoms with Gasteiger partial charge in [-0.05, 0) is 31.4 Å². The Labute approximate surface area is 112 Å². The third-order valence-electron chi connectivity index (χ3n) is 2.30. The Balaban J connectivity index is 2.79. The third kappa shape index (κ3) is 4.45. The van der Waals surface area contributed by atoms with Crippen molar-refractivity contribution < 1.29 is 8.42 Å². The Morgan fingerprint density at radius 1 is 1.56 bits per heavy atom. The van der Waals surface area contributed by atoms with Gasteiger partial charge in [0.1, 0.15) is 5.82 Å². The molecule has 0 saturated heterocycles. The number of anilines is 1. The van der Waals surface area contributed by atoms with Crippen molar-refractivity contribution in [3.63, 3.8) is 0 Å². The van der Waals surface area contributed by atoms with Gasteiger partial charge < -0.3 is 5.43 Å². The first kappa shape index (κ1) is 15.2. The van der Waals surface area contributed by atoms with E-state index in [1.807, 2.05) is 13.2 Å². The van der Waals surface area contributed by atoms with Crippen LogP contribution in [-0.2, 0) is 10.0 Å². The number of rotatable bonds is 7. The van der Waals surface area contributed by atoms with E-state index in [0.29, 0.717) is 5.82 Å². The highest BCUT2D eigenvalue weighted by Crippen LogP contribution is 2.13. The van der Waals surface area contributed by atoms with Gasteiger partial charge in [-0.1, -0.05) is 0 Å². The van der Waals surface area contributed by atoms with Gasteiger partial charge in [0.2, 0.25) is 10.0 Å². The van der Waals surface area contributed by atoms with Crippen molar-refractivity contribution in [2.75, 3.05) is 17.4 Å². The van der Waals surface area contributed by atoms with Crippen molar-refractivity contribution in [2.24, 2.45) is 5.84 Å². The number of nitrogens with two attached hydrogens (primary N) is 1. The molecule has 1 atom stereocenters. The van der Waals surface area contributed by atoms with Crippen LogP contribution in [0.4, 0.5) is 5.82 Å². The zero-order valence-electron chi connectivity index (χ0n) is 10.4. The first-order valence-electron chi connectivity index (χ1n) is 5.43. The second-order valence-corrected chi connectivity index (χ2v) is 6.52. The molecule has 1 rings (SSSR count). The summed E-state index contributed by atoms with van der Waals surface area (Å²) in [6.45, 7) is 1.84. The molecule has 102 valence electrons. The van der Waals surface area contributed by atoms with Crippen molar-refractivity contribution >= 4 is 27.6 Å². The number of hydrogen-bond acceptors (Lipinski definition) is 6. The van der Waals surface area contributed by atoms with Crippen LogP contribution in [0.25, 0.3) is 0 Å². The summed E-state index contributed by atoms with van der Waals surface area (Å²) in [5, 5.41) is 0. The maximum absolute atomic E-state index is 12.1. The summed E-state index contributed by atoms with van der Waals surface area (Å²) < 4.78 is 26.7. The molecule has 0 aliphatic heterocycles. The number of hydrazine groups is 1. The lowest BCUT2D eigenvalue weighted by Gasteiger charge is -2.13. The van der Waals surface area contributed by atoms with Crippen LogP contribution in [0.15, 0.2) is 23.2 Å². The Hall–Kier alpha value is -0.830. The van der Waals surface area contributed by atoms with Crippen LogP contribution >= 0.6 is 11.8 Å². The molecular weight excluding hydrogens is 272 g/mol. The molecule has 0 fully saturated rings. The van der Waals surface area contributed by atoms with Gasteiger partial charge in [0.05, 0.1) is 4.90 Å². The summed E-state index contributed by atoms with van der Waals surface area (Å²) in [6, 6.07) is 2.72. The quantitative estimate of drug-likeness (QED) is 0.507. The number of thioether (sulfide) groups is 1. The molecular formula is C10H18N4O2S2. The molecule has 0 amide bonds. The second-order valence-electron chi connectivity index (χ2n) is 3.82. The lowest BCUT2D eigenvalue weighted by Crippen LogP contribution is -2.33. The summed E-state index contributed by atoms with van der Waals surface area (Å²) in [4.78, 5) is 4.02. The number of hydrogen-bond donors (Lipinski definition) is 3. The summed E-state index contributed by atoms with van der Waals surface area (Å²) in [5.74, 6) is 6.43. The SMILES string of the molecule is CSCCC(C)NS(=O)(=O)c1ccnc(NN)c1. The van der Waals surface area contributed by atoms with Crippen molar-refractivity contribution in [3.05, 3.63) is 18.3 Å². The van der Waals surface area contributed by atoms with Crippen molar-refractivity contribution in [2.45, 2.75) is 24.3 Å². The van der Waals surface area contributed by atoms with Crippen molar-refractivity contribution in [1.82, 2.24) is 9.71 Å². The molecule has 1 unspecified atom stereocenters. The third-order valence-corrected chi connectivity index (χ3v) is 4.53. The van der Waals surface area contributed by atoms with Crippen LogP contribution in [0.2, 0.25) is 0 Å². The first-order valence-corrected chi connectivity index (χ1v) is 8.31. The maximum Gasteiger partial charge on any atom is 0.240 e. The molecule has 0 spiro atoms. The fourth-order valence-electron chi connectivity index (χ4n) is 1.34. The van der Waals surface area contributed by atoms with Gasteiger partial charge >= 0.3 is 0 Å². The fraction of sp³-hybridized carbons (Fsp3) is 0.500. The maximum atomic E-state index is 12.1. The second kappa shape index (κ2) is 6.93. The average molecular weight is 290 g/mol. The highest BCUT2D eigenvalue weighted by Gasteiger charge is 2.17. The van der Waals surface area contributed by atoms with E-state index in [4.69, 9.17) is 5.84 Å². The van der Waals surface area contributed by atoms with Gasteiger partial charge in [0.15, 0.2) is 0 Å². The molecule has 0 aromatic carbocycles. The van der Waals surface area contributed by atoms with Crippen molar-refractivity contribution in [3.8, 4) is 0 Å². The van der Waals surface area contributed by atoms with E-state index in [1.54, 1.807) is 11.8 Å². The molecule has 0 aliphatic rings. The van der Waals surface area contributed by atoms with E-state index < -0.39 is 10.0 Å². The highest BCUT2D eigenvalue weighted by molar-refractivity contribution is 7.98. The number of nitrogens with zero attached hydrogens (tertiary/aromatic N) is 1. The minimum absolute atomic E-state index is 0.107. The van der Waals surface area contributed by atoms with E-state index in [-0.39, 0.29) is 10.9 Å². The van der Waals surface area contributed by atoms with Gasteiger partial charge in [-0.25, -0.2) is 24.0 Å². The van der Waals surface area contributed by atoms with E-state index in [0.717, 1.165) is 12.2 Å². The Morgan fingerprint density at radius 3 is 2.89 bits per heavy atom. The number of sulfonamides is 1. The first-order chi connectivity index (χ1) is 8.49. The van der Waals surface area contributed by atoms with Crippen molar-refractivity contribution in [1.29, 1.82) is 0 Å². The Morgan fingerprint density at radius 2 is 2.28 bits per heavy atom. The normalized spacial score (nSPS) is 13.3. The topological polar surface area (TPSA) is 97.1 Å². The lowest BCUT2D eigenvalue weighted by atomic mass is 10.3. The highest BCUT2D eigenvalue weighted by atomic mass is 32.2. The smallest absolute Gasteiger partial charge is 0.240 e. The summed E-state index contributed by atoms with van der Waals surface area (Å²) in [7, 11) is -3.52. The monoisotopic (exact) mass is 290 g/mol. The Kier molecular flexibility index (Phi) is 5.86. The molecule has 1 aromatic rings. The lowest BCUT2D eigenvalue weighted by molar-refractivity contribution is 0.557.